The van der Waals surface area contributed by atoms with Crippen LogP contribution < -0.4 is 0 Å². The number of pyridine rings is 1. The van der Waals surface area contributed by atoms with Crippen molar-refractivity contribution in [2.24, 2.45) is 7.05 Å². The topological polar surface area (TPSA) is 30.7 Å². The van der Waals surface area contributed by atoms with Crippen LogP contribution in [0.4, 0.5) is 0 Å². The van der Waals surface area contributed by atoms with Crippen LogP contribution in [0.25, 0.3) is 11.3 Å². The SMILES string of the molecule is Cn1cc(-c2cc(CBr)ccn2)cn1. The van der Waals surface area contributed by atoms with Crippen LogP contribution in [-0.4, -0.2) is 14.8 Å². The van der Waals surface area contributed by atoms with Crippen molar-refractivity contribution in [3.05, 3.63) is 36.3 Å². The first-order chi connectivity index (χ1) is 6.79. The summed E-state index contributed by atoms with van der Waals surface area (Å²) in [5, 5.41) is 4.96. The Morgan fingerprint density at radius 1 is 1.50 bits per heavy atom. The molecule has 2 heterocycles. The highest BCUT2D eigenvalue weighted by Gasteiger charge is 2.01. The van der Waals surface area contributed by atoms with Gasteiger partial charge in [-0.05, 0) is 17.7 Å². The molecule has 14 heavy (non-hydrogen) atoms. The molecule has 0 N–H and O–H groups in total. The van der Waals surface area contributed by atoms with Gasteiger partial charge in [-0.25, -0.2) is 0 Å². The molecular formula is C10H10BrN3. The number of alkyl halides is 1. The first-order valence-corrected chi connectivity index (χ1v) is 5.41. The second-order valence-corrected chi connectivity index (χ2v) is 3.65. The van der Waals surface area contributed by atoms with Gasteiger partial charge in [0, 0.05) is 30.3 Å². The van der Waals surface area contributed by atoms with E-state index in [1.165, 1.54) is 5.56 Å². The van der Waals surface area contributed by atoms with Crippen molar-refractivity contribution >= 4 is 15.9 Å². The Kier molecular flexibility index (Phi) is 2.63. The molecule has 0 saturated carbocycles. The normalized spacial score (nSPS) is 10.4. The maximum atomic E-state index is 4.30. The second kappa shape index (κ2) is 3.92. The number of hydrogen-bond donors (Lipinski definition) is 0. The summed E-state index contributed by atoms with van der Waals surface area (Å²) in [6.45, 7) is 0. The molecule has 0 atom stereocenters. The van der Waals surface area contributed by atoms with E-state index in [1.807, 2.05) is 31.7 Å². The summed E-state index contributed by atoms with van der Waals surface area (Å²) in [6.07, 6.45) is 5.60. The summed E-state index contributed by atoms with van der Waals surface area (Å²) in [7, 11) is 1.90. The van der Waals surface area contributed by atoms with Gasteiger partial charge in [-0.3, -0.25) is 9.67 Å². The third-order valence-electron chi connectivity index (χ3n) is 1.98. The number of rotatable bonds is 2. The largest absolute Gasteiger partial charge is 0.275 e. The van der Waals surface area contributed by atoms with Crippen molar-refractivity contribution in [1.82, 2.24) is 14.8 Å². The Morgan fingerprint density at radius 2 is 2.36 bits per heavy atom. The fraction of sp³-hybridized carbons (Fsp3) is 0.200. The maximum Gasteiger partial charge on any atom is 0.0736 e. The van der Waals surface area contributed by atoms with Gasteiger partial charge in [0.2, 0.25) is 0 Å². The predicted molar refractivity (Wildman–Crippen MR) is 59.1 cm³/mol. The van der Waals surface area contributed by atoms with E-state index in [1.54, 1.807) is 4.68 Å². The van der Waals surface area contributed by atoms with Gasteiger partial charge in [0.25, 0.3) is 0 Å². The highest BCUT2D eigenvalue weighted by atomic mass is 79.9. The quantitative estimate of drug-likeness (QED) is 0.768. The average Bonchev–Trinajstić information content (AvgIpc) is 2.65. The van der Waals surface area contributed by atoms with E-state index in [9.17, 15) is 0 Å². The van der Waals surface area contributed by atoms with Crippen molar-refractivity contribution in [3.63, 3.8) is 0 Å². The molecule has 2 aromatic rings. The van der Waals surface area contributed by atoms with E-state index in [0.29, 0.717) is 0 Å². The van der Waals surface area contributed by atoms with Gasteiger partial charge in [0.05, 0.1) is 11.9 Å². The minimum atomic E-state index is 0.850. The van der Waals surface area contributed by atoms with Gasteiger partial charge in [-0.1, -0.05) is 15.9 Å². The van der Waals surface area contributed by atoms with Gasteiger partial charge in [-0.15, -0.1) is 0 Å². The fourth-order valence-electron chi connectivity index (χ4n) is 1.27. The summed E-state index contributed by atoms with van der Waals surface area (Å²) >= 11 is 3.42. The Balaban J connectivity index is 2.41. The zero-order chi connectivity index (χ0) is 9.97. The third kappa shape index (κ3) is 1.85. The molecular weight excluding hydrogens is 242 g/mol. The molecule has 2 aromatic heterocycles. The standard InChI is InChI=1S/C10H10BrN3/c1-14-7-9(6-13-14)10-4-8(5-11)2-3-12-10/h2-4,6-7H,5H2,1H3. The number of aryl methyl sites for hydroxylation is 1. The molecule has 0 radical (unpaired) electrons. The van der Waals surface area contributed by atoms with Crippen LogP contribution in [0.1, 0.15) is 5.56 Å². The van der Waals surface area contributed by atoms with E-state index in [2.05, 4.69) is 32.1 Å². The first-order valence-electron chi connectivity index (χ1n) is 4.29. The van der Waals surface area contributed by atoms with Crippen LogP contribution in [0.15, 0.2) is 30.7 Å². The smallest absolute Gasteiger partial charge is 0.0736 e. The van der Waals surface area contributed by atoms with Gasteiger partial charge in [0.15, 0.2) is 0 Å². The summed E-state index contributed by atoms with van der Waals surface area (Å²) in [5.41, 5.74) is 3.24. The molecule has 0 aromatic carbocycles. The van der Waals surface area contributed by atoms with Gasteiger partial charge < -0.3 is 0 Å². The molecule has 0 saturated heterocycles. The monoisotopic (exact) mass is 251 g/mol. The van der Waals surface area contributed by atoms with E-state index in [-0.39, 0.29) is 0 Å². The van der Waals surface area contributed by atoms with Crippen LogP contribution in [0.3, 0.4) is 0 Å². The molecule has 4 heteroatoms. The molecule has 3 nitrogen and oxygen atoms in total. The lowest BCUT2D eigenvalue weighted by Gasteiger charge is -1.98. The Labute approximate surface area is 90.9 Å². The molecule has 2 rings (SSSR count). The van der Waals surface area contributed by atoms with Crippen LogP contribution in [0.5, 0.6) is 0 Å². The van der Waals surface area contributed by atoms with E-state index >= 15 is 0 Å². The van der Waals surface area contributed by atoms with E-state index < -0.39 is 0 Å². The summed E-state index contributed by atoms with van der Waals surface area (Å²) in [5.74, 6) is 0. The first kappa shape index (κ1) is 9.40. The molecule has 0 aliphatic rings. The molecule has 0 unspecified atom stereocenters. The average molecular weight is 252 g/mol. The van der Waals surface area contributed by atoms with Crippen molar-refractivity contribution in [1.29, 1.82) is 0 Å². The Hall–Kier alpha value is -1.16. The lowest BCUT2D eigenvalue weighted by Crippen LogP contribution is -1.85. The minimum Gasteiger partial charge on any atom is -0.275 e. The van der Waals surface area contributed by atoms with E-state index in [4.69, 9.17) is 0 Å². The highest BCUT2D eigenvalue weighted by Crippen LogP contribution is 2.17. The Bertz CT molecular complexity index is 436. The molecule has 0 aliphatic carbocycles. The van der Waals surface area contributed by atoms with Crippen molar-refractivity contribution in [2.75, 3.05) is 0 Å². The fourth-order valence-corrected chi connectivity index (χ4v) is 1.62. The second-order valence-electron chi connectivity index (χ2n) is 3.09. The number of halogens is 1. The molecule has 0 fully saturated rings. The predicted octanol–water partition coefficient (Wildman–Crippen LogP) is 2.38. The van der Waals surface area contributed by atoms with Crippen LogP contribution >= 0.6 is 15.9 Å². The van der Waals surface area contributed by atoms with E-state index in [0.717, 1.165) is 16.6 Å². The molecule has 0 aliphatic heterocycles. The van der Waals surface area contributed by atoms with Crippen molar-refractivity contribution in [2.45, 2.75) is 5.33 Å². The number of aromatic nitrogens is 3. The zero-order valence-electron chi connectivity index (χ0n) is 7.81. The zero-order valence-corrected chi connectivity index (χ0v) is 9.40. The van der Waals surface area contributed by atoms with Gasteiger partial charge >= 0.3 is 0 Å². The van der Waals surface area contributed by atoms with Crippen molar-refractivity contribution < 1.29 is 0 Å². The van der Waals surface area contributed by atoms with Crippen LogP contribution in [-0.2, 0) is 12.4 Å². The van der Waals surface area contributed by atoms with Crippen molar-refractivity contribution in [3.8, 4) is 11.3 Å². The molecule has 0 spiro atoms. The number of nitrogens with zero attached hydrogens (tertiary/aromatic N) is 3. The van der Waals surface area contributed by atoms with Gasteiger partial charge in [0.1, 0.15) is 0 Å². The minimum absolute atomic E-state index is 0.850. The molecule has 0 amide bonds. The van der Waals surface area contributed by atoms with Gasteiger partial charge in [-0.2, -0.15) is 5.10 Å². The summed E-state index contributed by atoms with van der Waals surface area (Å²) in [4.78, 5) is 4.30. The molecule has 0 bridgehead atoms. The van der Waals surface area contributed by atoms with Crippen LogP contribution in [0, 0.1) is 0 Å². The lowest BCUT2D eigenvalue weighted by atomic mass is 10.2. The maximum absolute atomic E-state index is 4.30. The lowest BCUT2D eigenvalue weighted by molar-refractivity contribution is 0.768. The Morgan fingerprint density at radius 3 is 3.00 bits per heavy atom. The number of hydrogen-bond acceptors (Lipinski definition) is 2. The summed E-state index contributed by atoms with van der Waals surface area (Å²) < 4.78 is 1.78. The highest BCUT2D eigenvalue weighted by molar-refractivity contribution is 9.08. The summed E-state index contributed by atoms with van der Waals surface area (Å²) in [6, 6.07) is 4.06. The molecule has 72 valence electrons. The van der Waals surface area contributed by atoms with Crippen LogP contribution in [0.2, 0.25) is 0 Å². The third-order valence-corrected chi connectivity index (χ3v) is 2.63.